The van der Waals surface area contributed by atoms with Gasteiger partial charge in [0.05, 0.1) is 19.3 Å². The summed E-state index contributed by atoms with van der Waals surface area (Å²) in [7, 11) is -2.56. The molecule has 0 heterocycles. The van der Waals surface area contributed by atoms with Crippen LogP contribution in [0.5, 0.6) is 0 Å². The number of hydrogen-bond donors (Lipinski definition) is 3. The summed E-state index contributed by atoms with van der Waals surface area (Å²) in [6.07, 6.45) is -1.04. The molecule has 0 aromatic heterocycles. The molecule has 1 amide bonds. The van der Waals surface area contributed by atoms with Gasteiger partial charge in [-0.05, 0) is 6.92 Å². The van der Waals surface area contributed by atoms with Crippen molar-refractivity contribution in [2.24, 2.45) is 5.73 Å². The second-order valence-electron chi connectivity index (χ2n) is 2.83. The van der Waals surface area contributed by atoms with Crippen molar-refractivity contribution in [3.8, 4) is 0 Å². The highest BCUT2D eigenvalue weighted by Crippen LogP contribution is 1.88. The lowest BCUT2D eigenvalue weighted by Crippen LogP contribution is -2.49. The predicted octanol–water partition coefficient (Wildman–Crippen LogP) is -1.46. The van der Waals surface area contributed by atoms with Gasteiger partial charge in [-0.1, -0.05) is 0 Å². The molecule has 0 aromatic carbocycles. The van der Waals surface area contributed by atoms with Crippen LogP contribution < -0.4 is 15.2 Å². The Morgan fingerprint density at radius 1 is 1.50 bits per heavy atom. The second-order valence-corrected chi connectivity index (χ2v) is 4.28. The molecule has 16 heavy (non-hydrogen) atoms. The molecule has 0 aromatic rings. The topological polar surface area (TPSA) is 120 Å². The van der Waals surface area contributed by atoms with E-state index in [0.29, 0.717) is 0 Å². The molecule has 0 aliphatic rings. The number of methoxy groups -OCH3 is 1. The molecule has 1 atom stereocenters. The lowest BCUT2D eigenvalue weighted by molar-refractivity contribution is 0.158. The van der Waals surface area contributed by atoms with Crippen LogP contribution in [0.15, 0.2) is 0 Å². The number of hydrogen-bond acceptors (Lipinski definition) is 6. The second kappa shape index (κ2) is 7.39. The van der Waals surface area contributed by atoms with E-state index in [1.807, 2.05) is 0 Å². The fourth-order valence-corrected chi connectivity index (χ4v) is 1.81. The zero-order valence-corrected chi connectivity index (χ0v) is 10.0. The number of ether oxygens (including phenoxy) is 2. The van der Waals surface area contributed by atoms with E-state index < -0.39 is 22.3 Å². The summed E-state index contributed by atoms with van der Waals surface area (Å²) < 4.78 is 35.6. The molecule has 0 saturated carbocycles. The number of nitrogens with two attached hydrogens (primary N) is 1. The van der Waals surface area contributed by atoms with E-state index in [1.54, 1.807) is 11.6 Å². The van der Waals surface area contributed by atoms with Crippen LogP contribution in [0.4, 0.5) is 4.79 Å². The van der Waals surface area contributed by atoms with E-state index in [9.17, 15) is 13.2 Å². The Labute approximate surface area is 94.7 Å². The van der Waals surface area contributed by atoms with Gasteiger partial charge >= 0.3 is 16.3 Å². The molecular weight excluding hydrogens is 238 g/mol. The maximum atomic E-state index is 11.3. The first-order valence-electron chi connectivity index (χ1n) is 4.61. The fraction of sp³-hybridized carbons (Fsp3) is 0.857. The highest BCUT2D eigenvalue weighted by molar-refractivity contribution is 7.88. The quantitative estimate of drug-likeness (QED) is 0.511. The fourth-order valence-electron chi connectivity index (χ4n) is 0.871. The number of amides is 1. The van der Waals surface area contributed by atoms with Crippen LogP contribution in [-0.2, 0) is 19.7 Å². The van der Waals surface area contributed by atoms with Gasteiger partial charge in [0.15, 0.2) is 0 Å². The molecule has 8 nitrogen and oxygen atoms in total. The van der Waals surface area contributed by atoms with Gasteiger partial charge in [-0.3, -0.25) is 0 Å². The van der Waals surface area contributed by atoms with E-state index in [4.69, 9.17) is 10.5 Å². The van der Waals surface area contributed by atoms with Crippen molar-refractivity contribution in [3.05, 3.63) is 0 Å². The monoisotopic (exact) mass is 255 g/mol. The van der Waals surface area contributed by atoms with Crippen LogP contribution in [0.3, 0.4) is 0 Å². The smallest absolute Gasteiger partial charge is 0.421 e. The van der Waals surface area contributed by atoms with Crippen molar-refractivity contribution in [1.29, 1.82) is 0 Å². The predicted molar refractivity (Wildman–Crippen MR) is 56.9 cm³/mol. The largest absolute Gasteiger partial charge is 0.449 e. The van der Waals surface area contributed by atoms with Crippen molar-refractivity contribution in [2.45, 2.75) is 13.0 Å². The van der Waals surface area contributed by atoms with Crippen LogP contribution >= 0.6 is 0 Å². The van der Waals surface area contributed by atoms with Crippen molar-refractivity contribution in [2.75, 3.05) is 26.9 Å². The summed E-state index contributed by atoms with van der Waals surface area (Å²) >= 11 is 0. The van der Waals surface area contributed by atoms with Gasteiger partial charge in [-0.25, -0.2) is 9.52 Å². The van der Waals surface area contributed by atoms with Crippen LogP contribution in [0.2, 0.25) is 0 Å². The highest BCUT2D eigenvalue weighted by atomic mass is 32.2. The Kier molecular flexibility index (Phi) is 6.97. The van der Waals surface area contributed by atoms with Gasteiger partial charge in [0.25, 0.3) is 0 Å². The van der Waals surface area contributed by atoms with Gasteiger partial charge in [0.2, 0.25) is 0 Å². The van der Waals surface area contributed by atoms with E-state index >= 15 is 0 Å². The van der Waals surface area contributed by atoms with Crippen LogP contribution in [0.1, 0.15) is 6.92 Å². The maximum absolute atomic E-state index is 11.3. The molecule has 0 aliphatic carbocycles. The van der Waals surface area contributed by atoms with Crippen LogP contribution in [0, 0.1) is 0 Å². The van der Waals surface area contributed by atoms with Crippen molar-refractivity contribution in [1.82, 2.24) is 9.44 Å². The first-order chi connectivity index (χ1) is 7.45. The van der Waals surface area contributed by atoms with Gasteiger partial charge in [-0.2, -0.15) is 13.1 Å². The molecule has 0 aliphatic heterocycles. The van der Waals surface area contributed by atoms with Gasteiger partial charge < -0.3 is 15.2 Å². The molecule has 0 radical (unpaired) electrons. The highest BCUT2D eigenvalue weighted by Gasteiger charge is 2.19. The minimum Gasteiger partial charge on any atom is -0.449 e. The van der Waals surface area contributed by atoms with E-state index in [1.165, 1.54) is 7.11 Å². The maximum Gasteiger partial charge on any atom is 0.421 e. The van der Waals surface area contributed by atoms with Crippen molar-refractivity contribution >= 4 is 16.3 Å². The van der Waals surface area contributed by atoms with E-state index in [-0.39, 0.29) is 19.8 Å². The Hall–Kier alpha value is -0.900. The summed E-state index contributed by atoms with van der Waals surface area (Å²) in [5.74, 6) is 0. The standard InChI is InChI=1S/C7H17N3O5S/c1-3-15-7(11)10-16(12,13)9-6(4-8)5-14-2/h6,9H,3-5,8H2,1-2H3,(H,10,11). The average molecular weight is 255 g/mol. The Morgan fingerprint density at radius 3 is 2.56 bits per heavy atom. The number of carbonyl (C=O) groups excluding carboxylic acids is 1. The molecule has 4 N–H and O–H groups in total. The molecule has 9 heteroatoms. The van der Waals surface area contributed by atoms with Gasteiger partial charge in [0.1, 0.15) is 0 Å². The number of carbonyl (C=O) groups is 1. The number of nitrogens with one attached hydrogen (secondary N) is 2. The molecular formula is C7H17N3O5S. The summed E-state index contributed by atoms with van der Waals surface area (Å²) in [6.45, 7) is 1.81. The third kappa shape index (κ3) is 6.56. The number of rotatable bonds is 7. The normalized spacial score (nSPS) is 13.2. The molecule has 0 bridgehead atoms. The SMILES string of the molecule is CCOC(=O)NS(=O)(=O)NC(CN)COC. The molecule has 1 unspecified atom stereocenters. The Bertz CT molecular complexity index is 305. The summed E-state index contributed by atoms with van der Waals surface area (Å²) in [4.78, 5) is 10.9. The Morgan fingerprint density at radius 2 is 2.12 bits per heavy atom. The zero-order valence-electron chi connectivity index (χ0n) is 9.23. The first kappa shape index (κ1) is 15.1. The third-order valence-corrected chi connectivity index (χ3v) is 2.55. The minimum absolute atomic E-state index is 0.0532. The van der Waals surface area contributed by atoms with Gasteiger partial charge in [-0.15, -0.1) is 0 Å². The molecule has 0 rings (SSSR count). The van der Waals surface area contributed by atoms with E-state index in [0.717, 1.165) is 0 Å². The third-order valence-electron chi connectivity index (χ3n) is 1.47. The zero-order chi connectivity index (χ0) is 12.6. The van der Waals surface area contributed by atoms with E-state index in [2.05, 4.69) is 9.46 Å². The molecule has 0 saturated heterocycles. The molecule has 0 spiro atoms. The molecule has 0 fully saturated rings. The summed E-state index contributed by atoms with van der Waals surface area (Å²) in [5.41, 5.74) is 5.30. The lowest BCUT2D eigenvalue weighted by Gasteiger charge is -2.15. The molecule has 96 valence electrons. The Balaban J connectivity index is 4.27. The minimum atomic E-state index is -3.97. The van der Waals surface area contributed by atoms with Crippen LogP contribution in [0.25, 0.3) is 0 Å². The van der Waals surface area contributed by atoms with Gasteiger partial charge in [0, 0.05) is 13.7 Å². The summed E-state index contributed by atoms with van der Waals surface area (Å²) in [6, 6.07) is -0.600. The first-order valence-corrected chi connectivity index (χ1v) is 6.09. The van der Waals surface area contributed by atoms with Crippen molar-refractivity contribution < 1.29 is 22.7 Å². The lowest BCUT2D eigenvalue weighted by atomic mass is 10.3. The average Bonchev–Trinajstić information content (AvgIpc) is 2.16. The summed E-state index contributed by atoms with van der Waals surface area (Å²) in [5, 5.41) is 0. The van der Waals surface area contributed by atoms with Crippen LogP contribution in [-0.4, -0.2) is 47.4 Å². The van der Waals surface area contributed by atoms with Crippen molar-refractivity contribution in [3.63, 3.8) is 0 Å².